The van der Waals surface area contributed by atoms with E-state index in [1.54, 1.807) is 0 Å². The monoisotopic (exact) mass is 141 g/mol. The molecule has 1 saturated heterocycles. The summed E-state index contributed by atoms with van der Waals surface area (Å²) in [5, 5.41) is 0. The van der Waals surface area contributed by atoms with Crippen LogP contribution in [-0.2, 0) is 4.79 Å². The highest BCUT2D eigenvalue weighted by molar-refractivity contribution is 5.86. The van der Waals surface area contributed by atoms with E-state index in [0.29, 0.717) is 11.7 Å². The zero-order valence-electron chi connectivity index (χ0n) is 6.92. The predicted octanol–water partition coefficient (Wildman–Crippen LogP) is 0.916. The average Bonchev–Trinajstić information content (AvgIpc) is 2.11. The first-order valence-corrected chi connectivity index (χ1v) is 3.86. The molecule has 0 amide bonds. The lowest BCUT2D eigenvalue weighted by Crippen LogP contribution is -2.34. The fraction of sp³-hybridized carbons (Fsp3) is 0.875. The normalized spacial score (nSPS) is 28.4. The van der Waals surface area contributed by atoms with Crippen molar-refractivity contribution >= 4 is 5.78 Å². The lowest BCUT2D eigenvalue weighted by molar-refractivity contribution is -0.120. The summed E-state index contributed by atoms with van der Waals surface area (Å²) in [6, 6.07) is 0.194. The Bertz CT molecular complexity index is 142. The van der Waals surface area contributed by atoms with Gasteiger partial charge in [-0.2, -0.15) is 0 Å². The van der Waals surface area contributed by atoms with Gasteiger partial charge in [0.15, 0.2) is 5.78 Å². The van der Waals surface area contributed by atoms with Gasteiger partial charge in [0.05, 0.1) is 6.04 Å². The van der Waals surface area contributed by atoms with Crippen LogP contribution in [0.4, 0.5) is 0 Å². The van der Waals surface area contributed by atoms with Gasteiger partial charge in [0.1, 0.15) is 0 Å². The van der Waals surface area contributed by atoms with Crippen molar-refractivity contribution in [2.24, 2.45) is 5.92 Å². The summed E-state index contributed by atoms with van der Waals surface area (Å²) in [6.07, 6.45) is 0.749. The SMILES string of the molecule is CC(C)[C@@H]1C(=O)CCN1C. The number of nitrogens with zero attached hydrogens (tertiary/aromatic N) is 1. The number of hydrogen-bond donors (Lipinski definition) is 0. The van der Waals surface area contributed by atoms with Crippen molar-refractivity contribution in [1.29, 1.82) is 0 Å². The van der Waals surface area contributed by atoms with Crippen LogP contribution in [-0.4, -0.2) is 30.3 Å². The minimum absolute atomic E-state index is 0.194. The third-order valence-electron chi connectivity index (χ3n) is 2.15. The largest absolute Gasteiger partial charge is 0.298 e. The Morgan fingerprint density at radius 1 is 1.60 bits per heavy atom. The minimum Gasteiger partial charge on any atom is -0.298 e. The standard InChI is InChI=1S/C8H15NO/c1-6(2)8-7(10)4-5-9(8)3/h6,8H,4-5H2,1-3H3/t8-/m1/s1. The van der Waals surface area contributed by atoms with Gasteiger partial charge in [0.2, 0.25) is 0 Å². The van der Waals surface area contributed by atoms with E-state index in [1.807, 2.05) is 7.05 Å². The number of hydrogen-bond acceptors (Lipinski definition) is 2. The molecule has 1 rings (SSSR count). The van der Waals surface area contributed by atoms with Crippen molar-refractivity contribution in [3.05, 3.63) is 0 Å². The van der Waals surface area contributed by atoms with Crippen molar-refractivity contribution in [1.82, 2.24) is 4.90 Å². The third-order valence-corrected chi connectivity index (χ3v) is 2.15. The van der Waals surface area contributed by atoms with Gasteiger partial charge in [-0.15, -0.1) is 0 Å². The Balaban J connectivity index is 2.63. The van der Waals surface area contributed by atoms with Gasteiger partial charge in [0, 0.05) is 13.0 Å². The highest BCUT2D eigenvalue weighted by Crippen LogP contribution is 2.17. The number of Topliss-reactive ketones (excluding diaryl/α,β-unsaturated/α-hetero) is 1. The Labute approximate surface area is 62.2 Å². The summed E-state index contributed by atoms with van der Waals surface area (Å²) in [7, 11) is 2.02. The van der Waals surface area contributed by atoms with Crippen molar-refractivity contribution in [3.8, 4) is 0 Å². The molecule has 2 nitrogen and oxygen atoms in total. The third kappa shape index (κ3) is 1.21. The predicted molar refractivity (Wildman–Crippen MR) is 40.9 cm³/mol. The molecule has 2 heteroatoms. The molecule has 1 aliphatic heterocycles. The summed E-state index contributed by atoms with van der Waals surface area (Å²) in [5.74, 6) is 0.887. The summed E-state index contributed by atoms with van der Waals surface area (Å²) >= 11 is 0. The van der Waals surface area contributed by atoms with Gasteiger partial charge in [-0.05, 0) is 13.0 Å². The van der Waals surface area contributed by atoms with E-state index in [4.69, 9.17) is 0 Å². The van der Waals surface area contributed by atoms with Gasteiger partial charge >= 0.3 is 0 Å². The van der Waals surface area contributed by atoms with Crippen molar-refractivity contribution < 1.29 is 4.79 Å². The van der Waals surface area contributed by atoms with Crippen molar-refractivity contribution in [2.75, 3.05) is 13.6 Å². The lowest BCUT2D eigenvalue weighted by atomic mass is 10.0. The van der Waals surface area contributed by atoms with Crippen molar-refractivity contribution in [3.63, 3.8) is 0 Å². The van der Waals surface area contributed by atoms with E-state index in [9.17, 15) is 4.79 Å². The van der Waals surface area contributed by atoms with Gasteiger partial charge in [0.25, 0.3) is 0 Å². The molecule has 1 atom stereocenters. The maximum absolute atomic E-state index is 11.2. The fourth-order valence-corrected chi connectivity index (χ4v) is 1.70. The number of carbonyl (C=O) groups is 1. The molecule has 0 bridgehead atoms. The maximum atomic E-state index is 11.2. The summed E-state index contributed by atoms with van der Waals surface area (Å²) in [6.45, 7) is 5.15. The number of likely N-dealkylation sites (tertiary alicyclic amines) is 1. The Hall–Kier alpha value is -0.370. The second kappa shape index (κ2) is 2.70. The van der Waals surface area contributed by atoms with Crippen molar-refractivity contribution in [2.45, 2.75) is 26.3 Å². The van der Waals surface area contributed by atoms with E-state index in [1.165, 1.54) is 0 Å². The van der Waals surface area contributed by atoms with Crippen LogP contribution in [0.15, 0.2) is 0 Å². The molecule has 0 N–H and O–H groups in total. The molecule has 58 valence electrons. The quantitative estimate of drug-likeness (QED) is 0.541. The van der Waals surface area contributed by atoms with Gasteiger partial charge in [-0.3, -0.25) is 9.69 Å². The minimum atomic E-state index is 0.194. The van der Waals surface area contributed by atoms with Gasteiger partial charge < -0.3 is 0 Å². The summed E-state index contributed by atoms with van der Waals surface area (Å²) < 4.78 is 0. The number of carbonyl (C=O) groups excluding carboxylic acids is 1. The van der Waals surface area contributed by atoms with Crippen LogP contribution >= 0.6 is 0 Å². The van der Waals surface area contributed by atoms with Gasteiger partial charge in [-0.1, -0.05) is 13.8 Å². The van der Waals surface area contributed by atoms with Crippen LogP contribution in [0, 0.1) is 5.92 Å². The van der Waals surface area contributed by atoms with E-state index >= 15 is 0 Å². The molecule has 10 heavy (non-hydrogen) atoms. The second-order valence-corrected chi connectivity index (χ2v) is 3.39. The molecule has 0 aromatic rings. The molecule has 0 aromatic heterocycles. The zero-order chi connectivity index (χ0) is 7.72. The summed E-state index contributed by atoms with van der Waals surface area (Å²) in [5.41, 5.74) is 0. The number of likely N-dealkylation sites (N-methyl/N-ethyl adjacent to an activating group) is 1. The topological polar surface area (TPSA) is 20.3 Å². The van der Waals surface area contributed by atoms with E-state index in [-0.39, 0.29) is 6.04 Å². The Kier molecular flexibility index (Phi) is 2.09. The van der Waals surface area contributed by atoms with E-state index < -0.39 is 0 Å². The molecule has 0 radical (unpaired) electrons. The molecular weight excluding hydrogens is 126 g/mol. The molecule has 0 saturated carbocycles. The average molecular weight is 141 g/mol. The maximum Gasteiger partial charge on any atom is 0.151 e. The van der Waals surface area contributed by atoms with Crippen LogP contribution in [0.3, 0.4) is 0 Å². The van der Waals surface area contributed by atoms with Crippen LogP contribution in [0.25, 0.3) is 0 Å². The number of rotatable bonds is 1. The van der Waals surface area contributed by atoms with Crippen LogP contribution in [0.2, 0.25) is 0 Å². The lowest BCUT2D eigenvalue weighted by Gasteiger charge is -2.20. The first-order valence-electron chi connectivity index (χ1n) is 3.86. The van der Waals surface area contributed by atoms with Crippen LogP contribution in [0.5, 0.6) is 0 Å². The Morgan fingerprint density at radius 3 is 2.40 bits per heavy atom. The number of ketones is 1. The van der Waals surface area contributed by atoms with E-state index in [2.05, 4.69) is 18.7 Å². The fourth-order valence-electron chi connectivity index (χ4n) is 1.70. The molecule has 0 aliphatic carbocycles. The van der Waals surface area contributed by atoms with Gasteiger partial charge in [-0.25, -0.2) is 0 Å². The molecular formula is C8H15NO. The summed E-state index contributed by atoms with van der Waals surface area (Å²) in [4.78, 5) is 13.3. The molecule has 0 unspecified atom stereocenters. The molecule has 1 fully saturated rings. The first kappa shape index (κ1) is 7.73. The second-order valence-electron chi connectivity index (χ2n) is 3.39. The zero-order valence-corrected chi connectivity index (χ0v) is 6.92. The molecule has 1 aliphatic rings. The smallest absolute Gasteiger partial charge is 0.151 e. The van der Waals surface area contributed by atoms with Crippen LogP contribution < -0.4 is 0 Å². The van der Waals surface area contributed by atoms with Crippen LogP contribution in [0.1, 0.15) is 20.3 Å². The molecule has 1 heterocycles. The molecule has 0 aromatic carbocycles. The first-order chi connectivity index (χ1) is 4.63. The Morgan fingerprint density at radius 2 is 2.20 bits per heavy atom. The molecule has 0 spiro atoms. The van der Waals surface area contributed by atoms with E-state index in [0.717, 1.165) is 13.0 Å². The highest BCUT2D eigenvalue weighted by Gasteiger charge is 2.31. The highest BCUT2D eigenvalue weighted by atomic mass is 16.1.